The molecule has 1 aromatic rings. The number of halogens is 1. The van der Waals surface area contributed by atoms with Gasteiger partial charge in [0, 0.05) is 32.9 Å². The number of methoxy groups -OCH3 is 1. The lowest BCUT2D eigenvalue weighted by Crippen LogP contribution is -2.39. The SMILES string of the molecule is CNCCC1CCN(C(=O)c2cc(S(=O)(=O)NCCOC)c[nH]2)CC1.Cl. The summed E-state index contributed by atoms with van der Waals surface area (Å²) in [6, 6.07) is 1.39. The molecule has 26 heavy (non-hydrogen) atoms. The van der Waals surface area contributed by atoms with Crippen molar-refractivity contribution in [3.63, 3.8) is 0 Å². The van der Waals surface area contributed by atoms with Gasteiger partial charge in [-0.05, 0) is 44.8 Å². The molecule has 1 amide bonds. The van der Waals surface area contributed by atoms with Crippen LogP contribution in [-0.2, 0) is 14.8 Å². The van der Waals surface area contributed by atoms with E-state index in [9.17, 15) is 13.2 Å². The number of likely N-dealkylation sites (tertiary alicyclic amines) is 1. The third kappa shape index (κ3) is 6.24. The van der Waals surface area contributed by atoms with Crippen LogP contribution in [-0.4, -0.2) is 71.2 Å². The van der Waals surface area contributed by atoms with Crippen LogP contribution in [0.3, 0.4) is 0 Å². The van der Waals surface area contributed by atoms with E-state index in [1.165, 1.54) is 19.4 Å². The molecule has 2 rings (SSSR count). The normalized spacial score (nSPS) is 15.7. The molecule has 0 atom stereocenters. The van der Waals surface area contributed by atoms with Gasteiger partial charge in [0.15, 0.2) is 0 Å². The second-order valence-corrected chi connectivity index (χ2v) is 8.03. The van der Waals surface area contributed by atoms with Crippen molar-refractivity contribution in [3.8, 4) is 0 Å². The summed E-state index contributed by atoms with van der Waals surface area (Å²) in [5, 5.41) is 3.15. The van der Waals surface area contributed by atoms with E-state index >= 15 is 0 Å². The fourth-order valence-electron chi connectivity index (χ4n) is 2.96. The maximum absolute atomic E-state index is 12.6. The van der Waals surface area contributed by atoms with Crippen LogP contribution < -0.4 is 10.0 Å². The maximum atomic E-state index is 12.6. The third-order valence-electron chi connectivity index (χ3n) is 4.50. The van der Waals surface area contributed by atoms with Crippen LogP contribution in [0.5, 0.6) is 0 Å². The number of carbonyl (C=O) groups is 1. The monoisotopic (exact) mass is 408 g/mol. The second-order valence-electron chi connectivity index (χ2n) is 6.27. The minimum absolute atomic E-state index is 0. The van der Waals surface area contributed by atoms with E-state index < -0.39 is 10.0 Å². The highest BCUT2D eigenvalue weighted by molar-refractivity contribution is 7.89. The molecule has 3 N–H and O–H groups in total. The highest BCUT2D eigenvalue weighted by Crippen LogP contribution is 2.22. The van der Waals surface area contributed by atoms with Crippen LogP contribution in [0.15, 0.2) is 17.2 Å². The Bertz CT molecular complexity index is 657. The van der Waals surface area contributed by atoms with Crippen LogP contribution in [0, 0.1) is 5.92 Å². The molecule has 1 aromatic heterocycles. The van der Waals surface area contributed by atoms with E-state index in [1.807, 2.05) is 7.05 Å². The standard InChI is InChI=1S/C16H28N4O4S.ClH/c1-17-6-3-13-4-8-20(9-5-13)16(21)15-11-14(12-18-15)25(22,23)19-7-10-24-2;/h11-13,17-19H,3-10H2,1-2H3;1H. The second kappa shape index (κ2) is 10.9. The van der Waals surface area contributed by atoms with Crippen LogP contribution >= 0.6 is 12.4 Å². The van der Waals surface area contributed by atoms with E-state index in [2.05, 4.69) is 15.0 Å². The number of carbonyl (C=O) groups excluding carboxylic acids is 1. The van der Waals surface area contributed by atoms with Gasteiger partial charge in [-0.1, -0.05) is 0 Å². The molecule has 1 fully saturated rings. The first kappa shape index (κ1) is 22.9. The van der Waals surface area contributed by atoms with Gasteiger partial charge in [-0.2, -0.15) is 0 Å². The number of nitrogens with one attached hydrogen (secondary N) is 3. The topological polar surface area (TPSA) is 104 Å². The molecule has 0 aromatic carbocycles. The number of aromatic nitrogens is 1. The molecule has 0 radical (unpaired) electrons. The number of hydrogen-bond donors (Lipinski definition) is 3. The molecule has 1 aliphatic rings. The quantitative estimate of drug-likeness (QED) is 0.525. The van der Waals surface area contributed by atoms with Crippen LogP contribution in [0.25, 0.3) is 0 Å². The van der Waals surface area contributed by atoms with Crippen molar-refractivity contribution in [2.45, 2.75) is 24.2 Å². The predicted molar refractivity (Wildman–Crippen MR) is 102 cm³/mol. The molecule has 1 aliphatic heterocycles. The van der Waals surface area contributed by atoms with Gasteiger partial charge in [0.25, 0.3) is 5.91 Å². The van der Waals surface area contributed by atoms with E-state index in [-0.39, 0.29) is 36.4 Å². The molecule has 1 saturated heterocycles. The largest absolute Gasteiger partial charge is 0.383 e. The summed E-state index contributed by atoms with van der Waals surface area (Å²) < 4.78 is 31.5. The molecule has 0 bridgehead atoms. The fourth-order valence-corrected chi connectivity index (χ4v) is 3.96. The van der Waals surface area contributed by atoms with Gasteiger partial charge in [-0.25, -0.2) is 13.1 Å². The molecule has 2 heterocycles. The number of rotatable bonds is 9. The first-order chi connectivity index (χ1) is 12.0. The average Bonchev–Trinajstić information content (AvgIpc) is 3.11. The Hall–Kier alpha value is -1.13. The lowest BCUT2D eigenvalue weighted by atomic mass is 9.93. The van der Waals surface area contributed by atoms with Crippen molar-refractivity contribution < 1.29 is 17.9 Å². The van der Waals surface area contributed by atoms with Crippen LogP contribution in [0.2, 0.25) is 0 Å². The summed E-state index contributed by atoms with van der Waals surface area (Å²) in [7, 11) is -0.187. The molecular formula is C16H29ClN4O4S. The molecule has 150 valence electrons. The Balaban J connectivity index is 0.00000338. The van der Waals surface area contributed by atoms with Crippen molar-refractivity contribution in [3.05, 3.63) is 18.0 Å². The van der Waals surface area contributed by atoms with Gasteiger partial charge in [0.2, 0.25) is 10.0 Å². The van der Waals surface area contributed by atoms with Gasteiger partial charge < -0.3 is 19.9 Å². The van der Waals surface area contributed by atoms with Crippen LogP contribution in [0.1, 0.15) is 29.8 Å². The summed E-state index contributed by atoms with van der Waals surface area (Å²) in [6.45, 7) is 2.89. The summed E-state index contributed by atoms with van der Waals surface area (Å²) in [5.41, 5.74) is 0.306. The van der Waals surface area contributed by atoms with E-state index in [0.717, 1.165) is 25.8 Å². The lowest BCUT2D eigenvalue weighted by molar-refractivity contribution is 0.0682. The van der Waals surface area contributed by atoms with E-state index in [1.54, 1.807) is 4.90 Å². The number of H-pyrrole nitrogens is 1. The molecular weight excluding hydrogens is 380 g/mol. The number of nitrogens with zero attached hydrogens (tertiary/aromatic N) is 1. The average molecular weight is 409 g/mol. The third-order valence-corrected chi connectivity index (χ3v) is 5.94. The summed E-state index contributed by atoms with van der Waals surface area (Å²) >= 11 is 0. The van der Waals surface area contributed by atoms with Crippen molar-refractivity contribution in [1.82, 2.24) is 19.9 Å². The number of ether oxygens (including phenoxy) is 1. The van der Waals surface area contributed by atoms with E-state index in [0.29, 0.717) is 24.7 Å². The van der Waals surface area contributed by atoms with Gasteiger partial charge in [-0.3, -0.25) is 4.79 Å². The maximum Gasteiger partial charge on any atom is 0.270 e. The van der Waals surface area contributed by atoms with Crippen LogP contribution in [0.4, 0.5) is 0 Å². The molecule has 0 aliphatic carbocycles. The Morgan fingerprint density at radius 2 is 2.04 bits per heavy atom. The molecule has 10 heteroatoms. The Morgan fingerprint density at radius 1 is 1.35 bits per heavy atom. The van der Waals surface area contributed by atoms with Gasteiger partial charge >= 0.3 is 0 Å². The number of sulfonamides is 1. The number of aromatic amines is 1. The molecule has 0 saturated carbocycles. The summed E-state index contributed by atoms with van der Waals surface area (Å²) in [5.74, 6) is 0.492. The lowest BCUT2D eigenvalue weighted by Gasteiger charge is -2.31. The number of hydrogen-bond acceptors (Lipinski definition) is 5. The summed E-state index contributed by atoms with van der Waals surface area (Å²) in [4.78, 5) is 17.2. The zero-order chi connectivity index (χ0) is 18.3. The van der Waals surface area contributed by atoms with E-state index in [4.69, 9.17) is 4.74 Å². The summed E-state index contributed by atoms with van der Waals surface area (Å²) in [6.07, 6.45) is 4.44. The zero-order valence-electron chi connectivity index (χ0n) is 15.3. The Morgan fingerprint density at radius 3 is 2.65 bits per heavy atom. The van der Waals surface area contributed by atoms with Crippen molar-refractivity contribution in [2.75, 3.05) is 46.9 Å². The molecule has 8 nitrogen and oxygen atoms in total. The highest BCUT2D eigenvalue weighted by atomic mass is 35.5. The van der Waals surface area contributed by atoms with Crippen molar-refractivity contribution >= 4 is 28.3 Å². The fraction of sp³-hybridized carbons (Fsp3) is 0.688. The Kier molecular flexibility index (Phi) is 9.59. The minimum atomic E-state index is -3.63. The molecule has 0 spiro atoms. The van der Waals surface area contributed by atoms with Gasteiger partial charge in [0.05, 0.1) is 6.61 Å². The highest BCUT2D eigenvalue weighted by Gasteiger charge is 2.25. The van der Waals surface area contributed by atoms with Gasteiger partial charge in [-0.15, -0.1) is 12.4 Å². The van der Waals surface area contributed by atoms with Gasteiger partial charge in [0.1, 0.15) is 10.6 Å². The smallest absolute Gasteiger partial charge is 0.270 e. The minimum Gasteiger partial charge on any atom is -0.383 e. The number of piperidine rings is 1. The Labute approximate surface area is 161 Å². The number of amides is 1. The molecule has 0 unspecified atom stereocenters. The predicted octanol–water partition coefficient (Wildman–Crippen LogP) is 0.823. The first-order valence-electron chi connectivity index (χ1n) is 8.59. The van der Waals surface area contributed by atoms with Crippen molar-refractivity contribution in [1.29, 1.82) is 0 Å². The zero-order valence-corrected chi connectivity index (χ0v) is 16.9. The van der Waals surface area contributed by atoms with Crippen molar-refractivity contribution in [2.24, 2.45) is 5.92 Å². The first-order valence-corrected chi connectivity index (χ1v) is 10.1.